The van der Waals surface area contributed by atoms with Gasteiger partial charge in [0, 0.05) is 17.1 Å². The number of amides is 1. The van der Waals surface area contributed by atoms with E-state index in [9.17, 15) is 4.79 Å². The summed E-state index contributed by atoms with van der Waals surface area (Å²) in [6.45, 7) is 4.85. The number of carbonyl (C=O) groups excluding carboxylic acids is 1. The van der Waals surface area contributed by atoms with Gasteiger partial charge < -0.3 is 18.5 Å². The number of aryl methyl sites for hydroxylation is 2. The molecule has 0 aliphatic carbocycles. The van der Waals surface area contributed by atoms with E-state index in [0.717, 1.165) is 29.7 Å². The maximum atomic E-state index is 12.6. The van der Waals surface area contributed by atoms with Crippen LogP contribution in [0.15, 0.2) is 101 Å². The van der Waals surface area contributed by atoms with Crippen molar-refractivity contribution in [3.63, 3.8) is 0 Å². The van der Waals surface area contributed by atoms with Gasteiger partial charge in [-0.3, -0.25) is 4.79 Å². The van der Waals surface area contributed by atoms with Gasteiger partial charge in [0.05, 0.1) is 13.4 Å². The summed E-state index contributed by atoms with van der Waals surface area (Å²) in [4.78, 5) is 12.6. The maximum absolute atomic E-state index is 12.6. The second-order valence-corrected chi connectivity index (χ2v) is 11.6. The molecular formula is C32H27I2N3O4. The summed E-state index contributed by atoms with van der Waals surface area (Å²) in [7, 11) is 0. The van der Waals surface area contributed by atoms with Gasteiger partial charge in [-0.1, -0.05) is 30.3 Å². The smallest absolute Gasteiger partial charge is 0.307 e. The van der Waals surface area contributed by atoms with Gasteiger partial charge in [0.2, 0.25) is 0 Å². The quantitative estimate of drug-likeness (QED) is 0.0893. The summed E-state index contributed by atoms with van der Waals surface area (Å²) < 4.78 is 21.7. The number of hydrogen-bond acceptors (Lipinski definition) is 5. The largest absolute Gasteiger partial charge is 0.487 e. The number of rotatable bonds is 10. The zero-order valence-corrected chi connectivity index (χ0v) is 26.8. The van der Waals surface area contributed by atoms with E-state index in [1.807, 2.05) is 66.7 Å². The molecule has 0 bridgehead atoms. The molecule has 9 heteroatoms. The van der Waals surface area contributed by atoms with Crippen molar-refractivity contribution in [2.24, 2.45) is 5.10 Å². The van der Waals surface area contributed by atoms with Crippen LogP contribution >= 0.6 is 45.2 Å². The Balaban J connectivity index is 1.13. The number of hydrogen-bond donors (Lipinski definition) is 1. The number of nitrogens with zero attached hydrogens (tertiary/aromatic N) is 2. The first-order valence-electron chi connectivity index (χ1n) is 12.8. The summed E-state index contributed by atoms with van der Waals surface area (Å²) in [5.74, 6) is 1.79. The highest BCUT2D eigenvalue weighted by Crippen LogP contribution is 2.29. The topological polar surface area (TPSA) is 78.0 Å². The Morgan fingerprint density at radius 1 is 0.878 bits per heavy atom. The Morgan fingerprint density at radius 3 is 2.24 bits per heavy atom. The third-order valence-corrected chi connectivity index (χ3v) is 7.86. The van der Waals surface area contributed by atoms with E-state index >= 15 is 0 Å². The van der Waals surface area contributed by atoms with Gasteiger partial charge in [-0.2, -0.15) is 5.10 Å². The summed E-state index contributed by atoms with van der Waals surface area (Å²) in [5.41, 5.74) is 7.89. The number of nitrogens with one attached hydrogen (secondary N) is 1. The van der Waals surface area contributed by atoms with Crippen molar-refractivity contribution in [1.29, 1.82) is 0 Å². The van der Waals surface area contributed by atoms with Crippen LogP contribution in [0.4, 0.5) is 0 Å². The van der Waals surface area contributed by atoms with Crippen molar-refractivity contribution in [3.8, 4) is 17.2 Å². The van der Waals surface area contributed by atoms with Gasteiger partial charge in [0.1, 0.15) is 30.5 Å². The fourth-order valence-electron chi connectivity index (χ4n) is 4.24. The van der Waals surface area contributed by atoms with Crippen molar-refractivity contribution in [1.82, 2.24) is 9.99 Å². The first kappa shape index (κ1) is 28.9. The predicted octanol–water partition coefficient (Wildman–Crippen LogP) is 7.82. The van der Waals surface area contributed by atoms with Gasteiger partial charge in [0.15, 0.2) is 5.76 Å². The van der Waals surface area contributed by atoms with Gasteiger partial charge in [0.25, 0.3) is 0 Å². The van der Waals surface area contributed by atoms with Crippen LogP contribution in [0.2, 0.25) is 0 Å². The molecule has 41 heavy (non-hydrogen) atoms. The molecular weight excluding hydrogens is 744 g/mol. The standard InChI is InChI=1S/C32H27I2N3O4/c1-21-8-9-22(2)37(21)25-10-12-26(13-11-25)39-20-27-14-15-30(41-27)32(38)36-35-18-24-16-28(33)31(29(34)17-24)40-19-23-6-4-3-5-7-23/h3-18H,19-20H2,1-2H3,(H,36,38)/b35-18+. The third-order valence-electron chi connectivity index (χ3n) is 6.26. The molecule has 2 heterocycles. The first-order chi connectivity index (χ1) is 19.9. The maximum Gasteiger partial charge on any atom is 0.307 e. The lowest BCUT2D eigenvalue weighted by molar-refractivity contribution is 0.0923. The summed E-state index contributed by atoms with van der Waals surface area (Å²) in [5, 5.41) is 4.10. The lowest BCUT2D eigenvalue weighted by atomic mass is 10.2. The van der Waals surface area contributed by atoms with Gasteiger partial charge >= 0.3 is 5.91 Å². The summed E-state index contributed by atoms with van der Waals surface area (Å²) in [6.07, 6.45) is 1.59. The van der Waals surface area contributed by atoms with Gasteiger partial charge in [-0.05, 0) is 131 Å². The number of ether oxygens (including phenoxy) is 2. The molecule has 5 rings (SSSR count). The molecule has 0 aliphatic heterocycles. The van der Waals surface area contributed by atoms with E-state index in [2.05, 4.69) is 86.3 Å². The summed E-state index contributed by atoms with van der Waals surface area (Å²) in [6, 6.07) is 29.3. The van der Waals surface area contributed by atoms with Crippen molar-refractivity contribution in [3.05, 3.63) is 132 Å². The molecule has 0 saturated carbocycles. The Morgan fingerprint density at radius 2 is 1.56 bits per heavy atom. The number of halogens is 2. The molecule has 1 amide bonds. The fraction of sp³-hybridized carbons (Fsp3) is 0.125. The Labute approximate surface area is 265 Å². The van der Waals surface area contributed by atoms with E-state index in [-0.39, 0.29) is 12.4 Å². The van der Waals surface area contributed by atoms with Crippen molar-refractivity contribution in [2.75, 3.05) is 0 Å². The Hall–Kier alpha value is -3.58. The highest BCUT2D eigenvalue weighted by Gasteiger charge is 2.12. The number of aromatic nitrogens is 1. The normalized spacial score (nSPS) is 11.1. The van der Waals surface area contributed by atoms with E-state index in [4.69, 9.17) is 13.9 Å². The molecule has 0 aliphatic rings. The Bertz CT molecular complexity index is 1630. The van der Waals surface area contributed by atoms with Crippen LogP contribution in [-0.2, 0) is 13.2 Å². The molecule has 0 fully saturated rings. The second-order valence-electron chi connectivity index (χ2n) is 9.29. The van der Waals surface area contributed by atoms with Gasteiger partial charge in [-0.25, -0.2) is 5.43 Å². The number of furan rings is 1. The molecule has 1 N–H and O–H groups in total. The highest BCUT2D eigenvalue weighted by atomic mass is 127. The first-order valence-corrected chi connectivity index (χ1v) is 15.0. The molecule has 5 aromatic rings. The van der Waals surface area contributed by atoms with E-state index in [0.29, 0.717) is 18.1 Å². The average molecular weight is 771 g/mol. The number of benzene rings is 3. The monoisotopic (exact) mass is 771 g/mol. The molecule has 208 valence electrons. The predicted molar refractivity (Wildman–Crippen MR) is 176 cm³/mol. The molecule has 7 nitrogen and oxygen atoms in total. The number of hydrazone groups is 1. The minimum absolute atomic E-state index is 0.156. The van der Waals surface area contributed by atoms with E-state index in [1.165, 1.54) is 11.4 Å². The Kier molecular flexibility index (Phi) is 9.45. The van der Waals surface area contributed by atoms with Crippen LogP contribution in [0.5, 0.6) is 11.5 Å². The highest BCUT2D eigenvalue weighted by molar-refractivity contribution is 14.1. The van der Waals surface area contributed by atoms with Crippen LogP contribution in [-0.4, -0.2) is 16.7 Å². The van der Waals surface area contributed by atoms with Crippen molar-refractivity contribution in [2.45, 2.75) is 27.1 Å². The lowest BCUT2D eigenvalue weighted by Crippen LogP contribution is -2.16. The minimum Gasteiger partial charge on any atom is -0.487 e. The van der Waals surface area contributed by atoms with Crippen LogP contribution in [0, 0.1) is 21.0 Å². The molecule has 0 unspecified atom stereocenters. The molecule has 3 aromatic carbocycles. The zero-order chi connectivity index (χ0) is 28.8. The second kappa shape index (κ2) is 13.4. The SMILES string of the molecule is Cc1ccc(C)n1-c1ccc(OCc2ccc(C(=O)N/N=C/c3cc(I)c(OCc4ccccc4)c(I)c3)o2)cc1. The van der Waals surface area contributed by atoms with E-state index in [1.54, 1.807) is 18.3 Å². The van der Waals surface area contributed by atoms with E-state index < -0.39 is 5.91 Å². The number of carbonyl (C=O) groups is 1. The fourth-order valence-corrected chi connectivity index (χ4v) is 6.37. The van der Waals surface area contributed by atoms with Crippen LogP contribution < -0.4 is 14.9 Å². The van der Waals surface area contributed by atoms with Crippen LogP contribution in [0.3, 0.4) is 0 Å². The molecule has 0 atom stereocenters. The molecule has 0 radical (unpaired) electrons. The van der Waals surface area contributed by atoms with Crippen LogP contribution in [0.25, 0.3) is 5.69 Å². The zero-order valence-electron chi connectivity index (χ0n) is 22.4. The third kappa shape index (κ3) is 7.39. The average Bonchev–Trinajstić information content (AvgIpc) is 3.58. The van der Waals surface area contributed by atoms with Crippen molar-refractivity contribution < 1.29 is 18.7 Å². The van der Waals surface area contributed by atoms with Crippen molar-refractivity contribution >= 4 is 57.3 Å². The molecule has 0 saturated heterocycles. The molecule has 2 aromatic heterocycles. The summed E-state index contributed by atoms with van der Waals surface area (Å²) >= 11 is 4.49. The van der Waals surface area contributed by atoms with Gasteiger partial charge in [-0.15, -0.1) is 0 Å². The lowest BCUT2D eigenvalue weighted by Gasteiger charge is -2.11. The van der Waals surface area contributed by atoms with Crippen LogP contribution in [0.1, 0.15) is 38.8 Å². The minimum atomic E-state index is -0.443. The molecule has 0 spiro atoms.